The molecule has 2 aromatic carbocycles. The van der Waals surface area contributed by atoms with Crippen LogP contribution in [0.15, 0.2) is 48.7 Å². The molecular weight excluding hydrogens is 287 g/mol. The first kappa shape index (κ1) is 12.2. The first-order chi connectivity index (χ1) is 10.3. The highest BCUT2D eigenvalue weighted by molar-refractivity contribution is 7.22. The van der Waals surface area contributed by atoms with E-state index in [2.05, 4.69) is 20.3 Å². The summed E-state index contributed by atoms with van der Waals surface area (Å²) < 4.78 is 14.0. The molecule has 102 valence electrons. The molecule has 6 heteroatoms. The number of anilines is 2. The first-order valence-corrected chi connectivity index (χ1v) is 7.14. The molecule has 0 radical (unpaired) electrons. The normalized spacial score (nSPS) is 11.1. The second-order valence-electron chi connectivity index (χ2n) is 4.50. The Kier molecular flexibility index (Phi) is 2.75. The van der Waals surface area contributed by atoms with Crippen molar-refractivity contribution < 1.29 is 4.39 Å². The van der Waals surface area contributed by atoms with Crippen LogP contribution in [0.25, 0.3) is 21.3 Å². The molecule has 4 nitrogen and oxygen atoms in total. The molecule has 1 N–H and O–H groups in total. The van der Waals surface area contributed by atoms with E-state index in [9.17, 15) is 4.39 Å². The lowest BCUT2D eigenvalue weighted by atomic mass is 10.3. The fourth-order valence-electron chi connectivity index (χ4n) is 2.08. The molecule has 2 aromatic heterocycles. The minimum atomic E-state index is -0.261. The van der Waals surface area contributed by atoms with Crippen molar-refractivity contribution in [1.82, 2.24) is 15.0 Å². The number of hydrogen-bond donors (Lipinski definition) is 1. The largest absolute Gasteiger partial charge is 0.315 e. The van der Waals surface area contributed by atoms with Crippen LogP contribution >= 0.6 is 11.3 Å². The highest BCUT2D eigenvalue weighted by Gasteiger charge is 2.06. The standard InChI is InChI=1S/C15H9FN4S/c16-9-5-6-12-13(7-9)21-15(19-12)20-14-8-17-10-3-1-2-4-11(10)18-14/h1-8H,(H,18,19,20). The van der Waals surface area contributed by atoms with E-state index in [1.54, 1.807) is 12.3 Å². The second-order valence-corrected chi connectivity index (χ2v) is 5.53. The molecule has 2 heterocycles. The Morgan fingerprint density at radius 1 is 0.952 bits per heavy atom. The van der Waals surface area contributed by atoms with Gasteiger partial charge in [-0.05, 0) is 30.3 Å². The summed E-state index contributed by atoms with van der Waals surface area (Å²) in [6.07, 6.45) is 1.66. The van der Waals surface area contributed by atoms with Crippen LogP contribution in [-0.4, -0.2) is 15.0 Å². The summed E-state index contributed by atoms with van der Waals surface area (Å²) in [5.74, 6) is 0.358. The van der Waals surface area contributed by atoms with Crippen LogP contribution in [0, 0.1) is 5.82 Å². The monoisotopic (exact) mass is 296 g/mol. The van der Waals surface area contributed by atoms with E-state index in [4.69, 9.17) is 0 Å². The number of nitrogens with one attached hydrogen (secondary N) is 1. The fourth-order valence-corrected chi connectivity index (χ4v) is 2.98. The number of thiazole rings is 1. The third-order valence-corrected chi connectivity index (χ3v) is 3.97. The molecule has 0 unspecified atom stereocenters. The van der Waals surface area contributed by atoms with Gasteiger partial charge in [-0.1, -0.05) is 23.5 Å². The quantitative estimate of drug-likeness (QED) is 0.604. The van der Waals surface area contributed by atoms with E-state index in [0.717, 1.165) is 21.3 Å². The molecule has 0 atom stereocenters. The van der Waals surface area contributed by atoms with E-state index in [1.807, 2.05) is 24.3 Å². The van der Waals surface area contributed by atoms with Crippen LogP contribution in [0.4, 0.5) is 15.3 Å². The van der Waals surface area contributed by atoms with Gasteiger partial charge in [-0.3, -0.25) is 4.98 Å². The van der Waals surface area contributed by atoms with Crippen LogP contribution in [0.1, 0.15) is 0 Å². The molecular formula is C15H9FN4S. The maximum absolute atomic E-state index is 13.2. The number of nitrogens with zero attached hydrogens (tertiary/aromatic N) is 3. The van der Waals surface area contributed by atoms with E-state index in [-0.39, 0.29) is 5.82 Å². The van der Waals surface area contributed by atoms with Crippen molar-refractivity contribution in [3.05, 3.63) is 54.5 Å². The van der Waals surface area contributed by atoms with E-state index in [0.29, 0.717) is 10.9 Å². The summed E-state index contributed by atoms with van der Waals surface area (Å²) in [4.78, 5) is 13.2. The van der Waals surface area contributed by atoms with Gasteiger partial charge in [-0.2, -0.15) is 0 Å². The Labute approximate surface area is 123 Å². The van der Waals surface area contributed by atoms with Crippen LogP contribution in [0.3, 0.4) is 0 Å². The second kappa shape index (κ2) is 4.75. The molecule has 21 heavy (non-hydrogen) atoms. The van der Waals surface area contributed by atoms with Gasteiger partial charge in [0, 0.05) is 0 Å². The van der Waals surface area contributed by atoms with E-state index < -0.39 is 0 Å². The van der Waals surface area contributed by atoms with E-state index >= 15 is 0 Å². The predicted molar refractivity (Wildman–Crippen MR) is 82.4 cm³/mol. The van der Waals surface area contributed by atoms with Crippen molar-refractivity contribution >= 4 is 43.5 Å². The average molecular weight is 296 g/mol. The zero-order valence-corrected chi connectivity index (χ0v) is 11.6. The van der Waals surface area contributed by atoms with Crippen LogP contribution in [0.2, 0.25) is 0 Å². The molecule has 4 aromatic rings. The Bertz CT molecular complexity index is 951. The number of benzene rings is 2. The van der Waals surface area contributed by atoms with Gasteiger partial charge in [0.2, 0.25) is 0 Å². The zero-order valence-electron chi connectivity index (χ0n) is 10.7. The number of hydrogen-bond acceptors (Lipinski definition) is 5. The highest BCUT2D eigenvalue weighted by Crippen LogP contribution is 2.28. The van der Waals surface area contributed by atoms with Crippen molar-refractivity contribution in [2.75, 3.05) is 5.32 Å². The Morgan fingerprint density at radius 3 is 2.71 bits per heavy atom. The lowest BCUT2D eigenvalue weighted by Crippen LogP contribution is -1.94. The Hall–Kier alpha value is -2.60. The maximum Gasteiger partial charge on any atom is 0.189 e. The van der Waals surface area contributed by atoms with Gasteiger partial charge < -0.3 is 5.32 Å². The summed E-state index contributed by atoms with van der Waals surface area (Å²) in [6, 6.07) is 12.2. The lowest BCUT2D eigenvalue weighted by molar-refractivity contribution is 0.630. The van der Waals surface area contributed by atoms with Gasteiger partial charge >= 0.3 is 0 Å². The number of halogens is 1. The van der Waals surface area contributed by atoms with Crippen LogP contribution in [0.5, 0.6) is 0 Å². The van der Waals surface area contributed by atoms with Gasteiger partial charge in [-0.25, -0.2) is 14.4 Å². The molecule has 4 rings (SSSR count). The molecule has 0 bridgehead atoms. The molecule has 0 aliphatic rings. The lowest BCUT2D eigenvalue weighted by Gasteiger charge is -2.02. The summed E-state index contributed by atoms with van der Waals surface area (Å²) in [6.45, 7) is 0. The molecule has 0 amide bonds. The number of fused-ring (bicyclic) bond motifs is 2. The highest BCUT2D eigenvalue weighted by atomic mass is 32.1. The molecule has 0 aliphatic heterocycles. The zero-order chi connectivity index (χ0) is 14.2. The van der Waals surface area contributed by atoms with Crippen molar-refractivity contribution in [1.29, 1.82) is 0 Å². The van der Waals surface area contributed by atoms with Gasteiger partial charge in [0.1, 0.15) is 5.82 Å². The molecule has 0 saturated carbocycles. The Balaban J connectivity index is 1.71. The number of para-hydroxylation sites is 2. The van der Waals surface area contributed by atoms with Gasteiger partial charge in [0.25, 0.3) is 0 Å². The van der Waals surface area contributed by atoms with Crippen molar-refractivity contribution in [2.24, 2.45) is 0 Å². The molecule has 0 aliphatic carbocycles. The Morgan fingerprint density at radius 2 is 1.81 bits per heavy atom. The van der Waals surface area contributed by atoms with Crippen molar-refractivity contribution in [3.63, 3.8) is 0 Å². The third kappa shape index (κ3) is 2.30. The van der Waals surface area contributed by atoms with Crippen LogP contribution in [-0.2, 0) is 0 Å². The van der Waals surface area contributed by atoms with Crippen molar-refractivity contribution in [2.45, 2.75) is 0 Å². The number of aromatic nitrogens is 3. The van der Waals surface area contributed by atoms with Gasteiger partial charge in [0.05, 0.1) is 27.4 Å². The molecule has 0 fully saturated rings. The summed E-state index contributed by atoms with van der Waals surface area (Å²) in [5, 5.41) is 3.78. The fraction of sp³-hybridized carbons (Fsp3) is 0. The predicted octanol–water partition coefficient (Wildman–Crippen LogP) is 4.12. The summed E-state index contributed by atoms with van der Waals surface area (Å²) in [5.41, 5.74) is 2.42. The van der Waals surface area contributed by atoms with Crippen LogP contribution < -0.4 is 5.32 Å². The van der Waals surface area contributed by atoms with Crippen molar-refractivity contribution in [3.8, 4) is 0 Å². The summed E-state index contributed by atoms with van der Waals surface area (Å²) >= 11 is 1.38. The minimum Gasteiger partial charge on any atom is -0.315 e. The van der Waals surface area contributed by atoms with E-state index in [1.165, 1.54) is 23.5 Å². The summed E-state index contributed by atoms with van der Waals surface area (Å²) in [7, 11) is 0. The molecule has 0 spiro atoms. The SMILES string of the molecule is Fc1ccc2nc(Nc3cnc4ccccc4n3)sc2c1. The number of rotatable bonds is 2. The molecule has 0 saturated heterocycles. The smallest absolute Gasteiger partial charge is 0.189 e. The third-order valence-electron chi connectivity index (χ3n) is 3.03. The minimum absolute atomic E-state index is 0.261. The maximum atomic E-state index is 13.2. The first-order valence-electron chi connectivity index (χ1n) is 6.33. The van der Waals surface area contributed by atoms with Gasteiger partial charge in [0.15, 0.2) is 10.9 Å². The van der Waals surface area contributed by atoms with Gasteiger partial charge in [-0.15, -0.1) is 0 Å². The topological polar surface area (TPSA) is 50.7 Å². The average Bonchev–Trinajstić information content (AvgIpc) is 2.88.